The van der Waals surface area contributed by atoms with Gasteiger partial charge in [-0.1, -0.05) is 6.42 Å². The van der Waals surface area contributed by atoms with E-state index in [0.717, 1.165) is 19.3 Å². The molecule has 17 heavy (non-hydrogen) atoms. The summed E-state index contributed by atoms with van der Waals surface area (Å²) in [5, 5.41) is 11.8. The smallest absolute Gasteiger partial charge is 0.317 e. The first-order chi connectivity index (χ1) is 7.93. The van der Waals surface area contributed by atoms with Gasteiger partial charge in [0, 0.05) is 19.6 Å². The third-order valence-corrected chi connectivity index (χ3v) is 3.59. The first kappa shape index (κ1) is 13.8. The second kappa shape index (κ2) is 5.89. The molecule has 1 aliphatic rings. The lowest BCUT2D eigenvalue weighted by Gasteiger charge is -2.24. The van der Waals surface area contributed by atoms with Crippen molar-refractivity contribution in [1.82, 2.24) is 10.2 Å². The predicted molar refractivity (Wildman–Crippen MR) is 64.8 cm³/mol. The summed E-state index contributed by atoms with van der Waals surface area (Å²) >= 11 is 0. The summed E-state index contributed by atoms with van der Waals surface area (Å²) in [6, 6.07) is 0.0184. The number of nitrogens with one attached hydrogen (secondary N) is 1. The largest absolute Gasteiger partial charge is 0.481 e. The molecule has 1 aliphatic carbocycles. The van der Waals surface area contributed by atoms with Crippen molar-refractivity contribution in [2.24, 2.45) is 11.8 Å². The topological polar surface area (TPSA) is 69.6 Å². The molecular formula is C12H22N2O3. The highest BCUT2D eigenvalue weighted by Gasteiger charge is 2.33. The van der Waals surface area contributed by atoms with E-state index >= 15 is 0 Å². The minimum atomic E-state index is -0.737. The molecule has 2 N–H and O–H groups in total. The molecule has 5 nitrogen and oxygen atoms in total. The monoisotopic (exact) mass is 242 g/mol. The first-order valence-corrected chi connectivity index (χ1v) is 6.17. The van der Waals surface area contributed by atoms with Crippen molar-refractivity contribution in [3.63, 3.8) is 0 Å². The molecule has 0 aromatic carbocycles. The van der Waals surface area contributed by atoms with Gasteiger partial charge in [0.05, 0.1) is 5.92 Å². The molecular weight excluding hydrogens is 220 g/mol. The normalized spacial score (nSPS) is 23.8. The van der Waals surface area contributed by atoms with Gasteiger partial charge in [-0.15, -0.1) is 0 Å². The number of rotatable bonds is 4. The quantitative estimate of drug-likeness (QED) is 0.785. The standard InChI is InChI=1S/C12H22N2O3/c1-8(2)14(3)12(17)13-7-9-5-4-6-10(9)11(15)16/h8-10H,4-7H2,1-3H3,(H,13,17)(H,15,16). The first-order valence-electron chi connectivity index (χ1n) is 6.17. The minimum Gasteiger partial charge on any atom is -0.481 e. The van der Waals surface area contributed by atoms with Gasteiger partial charge in [0.1, 0.15) is 0 Å². The van der Waals surface area contributed by atoms with E-state index in [1.807, 2.05) is 13.8 Å². The van der Waals surface area contributed by atoms with Gasteiger partial charge >= 0.3 is 12.0 Å². The van der Waals surface area contributed by atoms with Crippen LogP contribution in [0, 0.1) is 11.8 Å². The third kappa shape index (κ3) is 3.61. The van der Waals surface area contributed by atoms with E-state index in [2.05, 4.69) is 5.32 Å². The molecule has 0 aromatic heterocycles. The van der Waals surface area contributed by atoms with Gasteiger partial charge < -0.3 is 15.3 Å². The number of carboxylic acid groups (broad SMARTS) is 1. The molecule has 2 amide bonds. The van der Waals surface area contributed by atoms with Gasteiger partial charge in [0.15, 0.2) is 0 Å². The average molecular weight is 242 g/mol. The Hall–Kier alpha value is -1.26. The number of carbonyl (C=O) groups excluding carboxylic acids is 1. The Bertz CT molecular complexity index is 291. The fourth-order valence-electron chi connectivity index (χ4n) is 2.18. The van der Waals surface area contributed by atoms with Crippen LogP contribution in [-0.2, 0) is 4.79 Å². The van der Waals surface area contributed by atoms with Crippen LogP contribution in [0.3, 0.4) is 0 Å². The number of aliphatic carboxylic acids is 1. The SMILES string of the molecule is CC(C)N(C)C(=O)NCC1CCCC1C(=O)O. The highest BCUT2D eigenvalue weighted by Crippen LogP contribution is 2.31. The Labute approximate surface area is 102 Å². The third-order valence-electron chi connectivity index (χ3n) is 3.59. The van der Waals surface area contributed by atoms with E-state index in [4.69, 9.17) is 5.11 Å². The number of carboxylic acids is 1. The Morgan fingerprint density at radius 2 is 2.06 bits per heavy atom. The summed E-state index contributed by atoms with van der Waals surface area (Å²) in [7, 11) is 1.74. The number of carbonyl (C=O) groups is 2. The lowest BCUT2D eigenvalue weighted by atomic mass is 9.96. The van der Waals surface area contributed by atoms with Crippen LogP contribution < -0.4 is 5.32 Å². The summed E-state index contributed by atoms with van der Waals surface area (Å²) in [6.45, 7) is 4.34. The molecule has 1 rings (SSSR count). The van der Waals surface area contributed by atoms with E-state index in [9.17, 15) is 9.59 Å². The number of urea groups is 1. The van der Waals surface area contributed by atoms with Crippen molar-refractivity contribution in [2.45, 2.75) is 39.2 Å². The lowest BCUT2D eigenvalue weighted by molar-refractivity contribution is -0.142. The van der Waals surface area contributed by atoms with Crippen LogP contribution in [0.2, 0.25) is 0 Å². The molecule has 0 aliphatic heterocycles. The number of amides is 2. The number of nitrogens with zero attached hydrogens (tertiary/aromatic N) is 1. The highest BCUT2D eigenvalue weighted by atomic mass is 16.4. The number of hydrogen-bond acceptors (Lipinski definition) is 2. The molecule has 0 aromatic rings. The van der Waals surface area contributed by atoms with Crippen LogP contribution in [0.15, 0.2) is 0 Å². The van der Waals surface area contributed by atoms with Crippen molar-refractivity contribution in [3.05, 3.63) is 0 Å². The summed E-state index contributed by atoms with van der Waals surface area (Å²) in [5.74, 6) is -0.948. The summed E-state index contributed by atoms with van der Waals surface area (Å²) in [4.78, 5) is 24.3. The van der Waals surface area contributed by atoms with Crippen molar-refractivity contribution >= 4 is 12.0 Å². The maximum absolute atomic E-state index is 11.7. The Kier molecular flexibility index (Phi) is 4.78. The average Bonchev–Trinajstić information content (AvgIpc) is 2.72. The second-order valence-electron chi connectivity index (χ2n) is 5.03. The summed E-state index contributed by atoms with van der Waals surface area (Å²) in [6.07, 6.45) is 2.57. The zero-order chi connectivity index (χ0) is 13.0. The molecule has 0 saturated heterocycles. The molecule has 1 saturated carbocycles. The molecule has 2 atom stereocenters. The minimum absolute atomic E-state index is 0.0806. The molecule has 0 heterocycles. The van der Waals surface area contributed by atoms with E-state index in [1.54, 1.807) is 11.9 Å². The predicted octanol–water partition coefficient (Wildman–Crippen LogP) is 1.54. The molecule has 0 radical (unpaired) electrons. The molecule has 98 valence electrons. The lowest BCUT2D eigenvalue weighted by Crippen LogP contribution is -2.43. The Morgan fingerprint density at radius 3 is 2.59 bits per heavy atom. The van der Waals surface area contributed by atoms with Crippen molar-refractivity contribution < 1.29 is 14.7 Å². The van der Waals surface area contributed by atoms with Crippen molar-refractivity contribution in [1.29, 1.82) is 0 Å². The van der Waals surface area contributed by atoms with Gasteiger partial charge in [-0.05, 0) is 32.6 Å². The number of hydrogen-bond donors (Lipinski definition) is 2. The van der Waals surface area contributed by atoms with Gasteiger partial charge in [0.25, 0.3) is 0 Å². The van der Waals surface area contributed by atoms with Crippen LogP contribution in [0.25, 0.3) is 0 Å². The molecule has 0 spiro atoms. The fraction of sp³-hybridized carbons (Fsp3) is 0.833. The Morgan fingerprint density at radius 1 is 1.41 bits per heavy atom. The fourth-order valence-corrected chi connectivity index (χ4v) is 2.18. The zero-order valence-corrected chi connectivity index (χ0v) is 10.8. The Balaban J connectivity index is 2.40. The van der Waals surface area contributed by atoms with E-state index < -0.39 is 5.97 Å². The van der Waals surface area contributed by atoms with Crippen LogP contribution in [-0.4, -0.2) is 41.6 Å². The zero-order valence-electron chi connectivity index (χ0n) is 10.8. The summed E-state index contributed by atoms with van der Waals surface area (Å²) < 4.78 is 0. The van der Waals surface area contributed by atoms with Crippen molar-refractivity contribution in [3.8, 4) is 0 Å². The van der Waals surface area contributed by atoms with Crippen molar-refractivity contribution in [2.75, 3.05) is 13.6 Å². The van der Waals surface area contributed by atoms with Gasteiger partial charge in [0.2, 0.25) is 0 Å². The van der Waals surface area contributed by atoms with Crippen LogP contribution in [0.1, 0.15) is 33.1 Å². The maximum atomic E-state index is 11.7. The maximum Gasteiger partial charge on any atom is 0.317 e. The van der Waals surface area contributed by atoms with Crippen LogP contribution in [0.4, 0.5) is 4.79 Å². The molecule has 2 unspecified atom stereocenters. The van der Waals surface area contributed by atoms with Gasteiger partial charge in [-0.3, -0.25) is 4.79 Å². The van der Waals surface area contributed by atoms with E-state index in [1.165, 1.54) is 0 Å². The molecule has 1 fully saturated rings. The van der Waals surface area contributed by atoms with Gasteiger partial charge in [-0.25, -0.2) is 4.79 Å². The summed E-state index contributed by atoms with van der Waals surface area (Å²) in [5.41, 5.74) is 0. The highest BCUT2D eigenvalue weighted by molar-refractivity contribution is 5.74. The van der Waals surface area contributed by atoms with E-state index in [0.29, 0.717) is 6.54 Å². The second-order valence-corrected chi connectivity index (χ2v) is 5.03. The van der Waals surface area contributed by atoms with Crippen LogP contribution >= 0.6 is 0 Å². The molecule has 0 bridgehead atoms. The van der Waals surface area contributed by atoms with Crippen LogP contribution in [0.5, 0.6) is 0 Å². The van der Waals surface area contributed by atoms with Gasteiger partial charge in [-0.2, -0.15) is 0 Å². The van der Waals surface area contributed by atoms with E-state index in [-0.39, 0.29) is 23.9 Å². The molecule has 5 heteroatoms.